The van der Waals surface area contributed by atoms with Gasteiger partial charge in [0.2, 0.25) is 0 Å². The molecule has 0 amide bonds. The number of aliphatic imine (C=N–C) groups is 1. The number of nitrogens with zero attached hydrogens (tertiary/aromatic N) is 1. The molecule has 0 saturated carbocycles. The molecule has 5 nitrogen and oxygen atoms in total. The van der Waals surface area contributed by atoms with Crippen LogP contribution in [-0.4, -0.2) is 18.2 Å². The Morgan fingerprint density at radius 2 is 1.16 bits per heavy atom. The van der Waals surface area contributed by atoms with E-state index < -0.39 is 11.9 Å². The summed E-state index contributed by atoms with van der Waals surface area (Å²) < 4.78 is 11.1. The molecule has 0 aliphatic rings. The van der Waals surface area contributed by atoms with Gasteiger partial charge in [-0.1, -0.05) is 58.0 Å². The van der Waals surface area contributed by atoms with Crippen molar-refractivity contribution in [2.75, 3.05) is 0 Å². The van der Waals surface area contributed by atoms with Gasteiger partial charge < -0.3 is 9.47 Å². The summed E-state index contributed by atoms with van der Waals surface area (Å²) in [6.07, 6.45) is 1.50. The van der Waals surface area contributed by atoms with E-state index in [1.165, 1.54) is 54.7 Å². The van der Waals surface area contributed by atoms with E-state index in [0.717, 1.165) is 0 Å². The average molecular weight is 594 g/mol. The summed E-state index contributed by atoms with van der Waals surface area (Å²) in [5.41, 5.74) is 1.26. The zero-order chi connectivity index (χ0) is 26.5. The lowest BCUT2D eigenvalue weighted by molar-refractivity contribution is 0.0733. The smallest absolute Gasteiger partial charge is 0.345 e. The minimum atomic E-state index is -0.743. The first-order valence-electron chi connectivity index (χ1n) is 10.5. The number of halogens is 5. The fraction of sp³-hybridized carbons (Fsp3) is 0. The van der Waals surface area contributed by atoms with E-state index in [-0.39, 0.29) is 32.7 Å². The monoisotopic (exact) mass is 591 g/mol. The normalized spacial score (nSPS) is 10.9. The highest BCUT2D eigenvalue weighted by atomic mass is 35.5. The number of benzene rings is 4. The van der Waals surface area contributed by atoms with Gasteiger partial charge in [0.1, 0.15) is 11.5 Å². The molecular formula is C27H14Cl5NO4. The van der Waals surface area contributed by atoms with Gasteiger partial charge in [0, 0.05) is 32.9 Å². The Hall–Kier alpha value is -3.06. The molecule has 0 heterocycles. The first kappa shape index (κ1) is 27.0. The van der Waals surface area contributed by atoms with Crippen LogP contribution in [0.2, 0.25) is 25.1 Å². The molecule has 4 aromatic rings. The van der Waals surface area contributed by atoms with Crippen LogP contribution in [0.15, 0.2) is 83.9 Å². The van der Waals surface area contributed by atoms with Gasteiger partial charge in [0.05, 0.1) is 26.9 Å². The van der Waals surface area contributed by atoms with E-state index in [2.05, 4.69) is 4.99 Å². The van der Waals surface area contributed by atoms with Crippen molar-refractivity contribution in [2.24, 2.45) is 4.99 Å². The van der Waals surface area contributed by atoms with Gasteiger partial charge in [-0.15, -0.1) is 0 Å². The third-order valence-electron chi connectivity index (χ3n) is 4.88. The van der Waals surface area contributed by atoms with E-state index in [9.17, 15) is 9.59 Å². The highest BCUT2D eigenvalue weighted by Gasteiger charge is 2.18. The first-order chi connectivity index (χ1) is 17.7. The molecule has 0 aliphatic carbocycles. The second kappa shape index (κ2) is 12.0. The number of carbonyl (C=O) groups excluding carboxylic acids is 2. The Balaban J connectivity index is 1.65. The van der Waals surface area contributed by atoms with Gasteiger partial charge in [-0.2, -0.15) is 0 Å². The molecule has 0 N–H and O–H groups in total. The van der Waals surface area contributed by atoms with Crippen molar-refractivity contribution in [1.82, 2.24) is 0 Å². The van der Waals surface area contributed by atoms with Gasteiger partial charge in [-0.25, -0.2) is 9.59 Å². The minimum absolute atomic E-state index is 0.0706. The first-order valence-corrected chi connectivity index (χ1v) is 12.4. The van der Waals surface area contributed by atoms with Crippen molar-refractivity contribution < 1.29 is 19.1 Å². The summed E-state index contributed by atoms with van der Waals surface area (Å²) in [4.78, 5) is 30.0. The number of rotatable bonds is 6. The zero-order valence-electron chi connectivity index (χ0n) is 18.6. The van der Waals surface area contributed by atoms with Crippen LogP contribution in [-0.2, 0) is 0 Å². The predicted molar refractivity (Wildman–Crippen MR) is 148 cm³/mol. The van der Waals surface area contributed by atoms with Crippen LogP contribution in [0.25, 0.3) is 0 Å². The summed E-state index contributed by atoms with van der Waals surface area (Å²) >= 11 is 30.0. The predicted octanol–water partition coefficient (Wildman–Crippen LogP) is 9.14. The number of hydrogen-bond donors (Lipinski definition) is 0. The van der Waals surface area contributed by atoms with E-state index in [0.29, 0.717) is 26.3 Å². The topological polar surface area (TPSA) is 65.0 Å². The molecule has 10 heteroatoms. The van der Waals surface area contributed by atoms with Crippen molar-refractivity contribution in [2.45, 2.75) is 0 Å². The third-order valence-corrected chi connectivity index (χ3v) is 6.23. The molecule has 0 unspecified atom stereocenters. The van der Waals surface area contributed by atoms with Gasteiger partial charge in [-0.05, 0) is 72.8 Å². The van der Waals surface area contributed by atoms with Crippen LogP contribution in [0.5, 0.6) is 11.5 Å². The Kier molecular flexibility index (Phi) is 8.75. The number of carbonyl (C=O) groups is 2. The zero-order valence-corrected chi connectivity index (χ0v) is 22.3. The van der Waals surface area contributed by atoms with Crippen molar-refractivity contribution >= 4 is 81.8 Å². The maximum atomic E-state index is 12.9. The maximum Gasteiger partial charge on any atom is 0.345 e. The Morgan fingerprint density at radius 1 is 0.622 bits per heavy atom. The molecule has 4 rings (SSSR count). The van der Waals surface area contributed by atoms with Crippen molar-refractivity contribution in [3.8, 4) is 11.5 Å². The Morgan fingerprint density at radius 3 is 1.73 bits per heavy atom. The molecule has 0 aromatic heterocycles. The highest BCUT2D eigenvalue weighted by Crippen LogP contribution is 2.29. The summed E-state index contributed by atoms with van der Waals surface area (Å²) in [6.45, 7) is 0. The molecule has 0 saturated heterocycles. The van der Waals surface area contributed by atoms with Gasteiger partial charge in [0.25, 0.3) is 0 Å². The molecule has 37 heavy (non-hydrogen) atoms. The lowest BCUT2D eigenvalue weighted by atomic mass is 10.2. The second-order valence-electron chi connectivity index (χ2n) is 7.46. The van der Waals surface area contributed by atoms with E-state index in [4.69, 9.17) is 67.5 Å². The van der Waals surface area contributed by atoms with Gasteiger partial charge >= 0.3 is 11.9 Å². The van der Waals surface area contributed by atoms with Crippen molar-refractivity contribution in [1.29, 1.82) is 0 Å². The lowest BCUT2D eigenvalue weighted by Gasteiger charge is -2.11. The highest BCUT2D eigenvalue weighted by molar-refractivity contribution is 6.37. The number of hydrogen-bond acceptors (Lipinski definition) is 5. The fourth-order valence-electron chi connectivity index (χ4n) is 3.07. The molecule has 4 aromatic carbocycles. The summed E-state index contributed by atoms with van der Waals surface area (Å²) in [5.74, 6) is -1.29. The molecule has 0 aliphatic heterocycles. The number of ether oxygens (including phenoxy) is 2. The Bertz CT molecular complexity index is 1520. The average Bonchev–Trinajstić information content (AvgIpc) is 2.84. The Labute approximate surface area is 237 Å². The second-order valence-corrected chi connectivity index (χ2v) is 9.59. The van der Waals surface area contributed by atoms with E-state index in [1.807, 2.05) is 0 Å². The SMILES string of the molecule is O=C(Oc1ccc(C=Nc2ccc(Cl)cc2)c(OC(=O)c2ccc(Cl)cc2Cl)c1)c1ccc(Cl)cc1Cl. The standard InChI is InChI=1S/C27H14Cl5NO4/c28-16-2-6-19(7-3-16)33-14-15-1-8-20(36-26(34)21-9-4-17(29)11-23(21)31)13-25(15)37-27(35)22-10-5-18(30)12-24(22)32/h1-14H. The quantitative estimate of drug-likeness (QED) is 0.127. The molecular weight excluding hydrogens is 580 g/mol. The van der Waals surface area contributed by atoms with Crippen LogP contribution in [0.4, 0.5) is 5.69 Å². The fourth-order valence-corrected chi connectivity index (χ4v) is 4.17. The molecule has 0 radical (unpaired) electrons. The van der Waals surface area contributed by atoms with Crippen LogP contribution < -0.4 is 9.47 Å². The van der Waals surface area contributed by atoms with Crippen molar-refractivity contribution in [3.63, 3.8) is 0 Å². The van der Waals surface area contributed by atoms with Crippen LogP contribution in [0.1, 0.15) is 26.3 Å². The van der Waals surface area contributed by atoms with Gasteiger partial charge in [0.15, 0.2) is 0 Å². The number of esters is 2. The van der Waals surface area contributed by atoms with Crippen LogP contribution >= 0.6 is 58.0 Å². The van der Waals surface area contributed by atoms with E-state index >= 15 is 0 Å². The molecule has 0 spiro atoms. The van der Waals surface area contributed by atoms with Crippen molar-refractivity contribution in [3.05, 3.63) is 121 Å². The summed E-state index contributed by atoms with van der Waals surface area (Å²) in [5, 5.41) is 1.57. The molecule has 0 atom stereocenters. The molecule has 0 bridgehead atoms. The lowest BCUT2D eigenvalue weighted by Crippen LogP contribution is -2.12. The van der Waals surface area contributed by atoms with Gasteiger partial charge in [-0.3, -0.25) is 4.99 Å². The third kappa shape index (κ3) is 7.04. The molecule has 186 valence electrons. The summed E-state index contributed by atoms with van der Waals surface area (Å²) in [7, 11) is 0. The van der Waals surface area contributed by atoms with E-state index in [1.54, 1.807) is 30.3 Å². The van der Waals surface area contributed by atoms with Crippen LogP contribution in [0.3, 0.4) is 0 Å². The van der Waals surface area contributed by atoms with Crippen LogP contribution in [0, 0.1) is 0 Å². The summed E-state index contributed by atoms with van der Waals surface area (Å²) in [6, 6.07) is 20.1. The molecule has 0 fully saturated rings. The minimum Gasteiger partial charge on any atom is -0.423 e. The maximum absolute atomic E-state index is 12.9. The largest absolute Gasteiger partial charge is 0.423 e.